The molecule has 0 heterocycles. The average molecular weight is 834 g/mol. The van der Waals surface area contributed by atoms with Crippen LogP contribution in [0.15, 0.2) is 0 Å². The first-order chi connectivity index (χ1) is 27.7. The summed E-state index contributed by atoms with van der Waals surface area (Å²) in [4.78, 5) is 46.0. The van der Waals surface area contributed by atoms with E-state index in [0.29, 0.717) is 19.4 Å². The highest BCUT2D eigenvalue weighted by Crippen LogP contribution is 2.43. The van der Waals surface area contributed by atoms with E-state index in [1.165, 1.54) is 148 Å². The van der Waals surface area contributed by atoms with Crippen molar-refractivity contribution in [1.29, 1.82) is 0 Å². The SMILES string of the molecule is CCCCCCCCCCCCCCCCCC(=O)OC[C@H](COP(=O)(O)OCCNCCCC(=O)O)OC(=O)CCCCCCCCCCCCCCCCC. The number of carboxylic acids is 1. The van der Waals surface area contributed by atoms with E-state index in [1.54, 1.807) is 0 Å². The molecule has 0 bridgehead atoms. The number of carbonyl (C=O) groups excluding carboxylic acids is 2. The highest BCUT2D eigenvalue weighted by molar-refractivity contribution is 7.47. The molecule has 338 valence electrons. The summed E-state index contributed by atoms with van der Waals surface area (Å²) in [6.45, 7) is 4.29. The van der Waals surface area contributed by atoms with E-state index >= 15 is 0 Å². The average Bonchev–Trinajstić information content (AvgIpc) is 3.18. The van der Waals surface area contributed by atoms with Gasteiger partial charge in [-0.05, 0) is 25.8 Å². The fraction of sp³-hybridized carbons (Fsp3) is 0.933. The van der Waals surface area contributed by atoms with Crippen molar-refractivity contribution in [3.8, 4) is 0 Å². The van der Waals surface area contributed by atoms with Gasteiger partial charge in [-0.15, -0.1) is 0 Å². The summed E-state index contributed by atoms with van der Waals surface area (Å²) in [5.41, 5.74) is 0. The van der Waals surface area contributed by atoms with Crippen molar-refractivity contribution < 1.29 is 47.5 Å². The van der Waals surface area contributed by atoms with Crippen LogP contribution in [-0.2, 0) is 37.5 Å². The molecule has 57 heavy (non-hydrogen) atoms. The van der Waals surface area contributed by atoms with Crippen molar-refractivity contribution in [3.63, 3.8) is 0 Å². The summed E-state index contributed by atoms with van der Waals surface area (Å²) in [6, 6.07) is 0. The number of nitrogens with one attached hydrogen (secondary N) is 1. The first kappa shape index (κ1) is 55.5. The number of ether oxygens (including phenoxy) is 2. The lowest BCUT2D eigenvalue weighted by Crippen LogP contribution is -2.29. The van der Waals surface area contributed by atoms with Crippen LogP contribution in [0.2, 0.25) is 0 Å². The Balaban J connectivity index is 4.37. The summed E-state index contributed by atoms with van der Waals surface area (Å²) < 4.78 is 33.6. The van der Waals surface area contributed by atoms with E-state index in [1.807, 2.05) is 0 Å². The maximum Gasteiger partial charge on any atom is 0.472 e. The predicted molar refractivity (Wildman–Crippen MR) is 231 cm³/mol. The number of carboxylic acid groups (broad SMARTS) is 1. The van der Waals surface area contributed by atoms with Gasteiger partial charge in [0.25, 0.3) is 0 Å². The maximum atomic E-state index is 12.7. The Morgan fingerprint density at radius 1 is 0.491 bits per heavy atom. The Labute approximate surface area is 348 Å². The molecule has 0 saturated carbocycles. The molecule has 0 rings (SSSR count). The zero-order valence-corrected chi connectivity index (χ0v) is 37.7. The molecule has 0 fully saturated rings. The van der Waals surface area contributed by atoms with Crippen molar-refractivity contribution in [2.75, 3.05) is 32.9 Å². The summed E-state index contributed by atoms with van der Waals surface area (Å²) in [5, 5.41) is 11.6. The van der Waals surface area contributed by atoms with Gasteiger partial charge in [-0.25, -0.2) is 4.57 Å². The molecule has 12 heteroatoms. The number of rotatable bonds is 46. The van der Waals surface area contributed by atoms with E-state index in [9.17, 15) is 23.8 Å². The van der Waals surface area contributed by atoms with Gasteiger partial charge >= 0.3 is 25.7 Å². The van der Waals surface area contributed by atoms with Crippen molar-refractivity contribution in [1.82, 2.24) is 5.32 Å². The normalized spacial score (nSPS) is 13.0. The third kappa shape index (κ3) is 43.9. The number of carbonyl (C=O) groups is 3. The smallest absolute Gasteiger partial charge is 0.472 e. The van der Waals surface area contributed by atoms with Gasteiger partial charge in [-0.3, -0.25) is 23.4 Å². The van der Waals surface area contributed by atoms with Gasteiger partial charge in [0.2, 0.25) is 0 Å². The van der Waals surface area contributed by atoms with Gasteiger partial charge in [0, 0.05) is 25.8 Å². The van der Waals surface area contributed by atoms with Crippen LogP contribution < -0.4 is 5.32 Å². The molecule has 0 aliphatic carbocycles. The molecule has 0 aliphatic rings. The van der Waals surface area contributed by atoms with Crippen molar-refractivity contribution in [2.45, 2.75) is 238 Å². The predicted octanol–water partition coefficient (Wildman–Crippen LogP) is 12.6. The number of phosphoric ester groups is 1. The second-order valence-electron chi connectivity index (χ2n) is 16.0. The van der Waals surface area contributed by atoms with Gasteiger partial charge < -0.3 is 24.8 Å². The molecule has 2 atom stereocenters. The molecule has 0 saturated heterocycles. The topological polar surface area (TPSA) is 158 Å². The molecule has 0 aromatic carbocycles. The number of hydrogen-bond acceptors (Lipinski definition) is 9. The Morgan fingerprint density at radius 3 is 1.28 bits per heavy atom. The Hall–Kier alpha value is -1.52. The first-order valence-electron chi connectivity index (χ1n) is 23.6. The number of phosphoric acid groups is 1. The molecule has 0 aromatic rings. The van der Waals surface area contributed by atoms with Crippen LogP contribution in [0, 0.1) is 0 Å². The first-order valence-corrected chi connectivity index (χ1v) is 25.1. The Kier molecular flexibility index (Phi) is 41.5. The van der Waals surface area contributed by atoms with Crippen LogP contribution in [0.5, 0.6) is 0 Å². The van der Waals surface area contributed by atoms with E-state index in [0.717, 1.165) is 38.5 Å². The van der Waals surface area contributed by atoms with E-state index in [-0.39, 0.29) is 39.0 Å². The Morgan fingerprint density at radius 2 is 0.877 bits per heavy atom. The van der Waals surface area contributed by atoms with Crippen molar-refractivity contribution in [3.05, 3.63) is 0 Å². The van der Waals surface area contributed by atoms with E-state index in [2.05, 4.69) is 19.2 Å². The molecule has 11 nitrogen and oxygen atoms in total. The third-order valence-corrected chi connectivity index (χ3v) is 11.4. The Bertz CT molecular complexity index is 968. The minimum atomic E-state index is -4.47. The lowest BCUT2D eigenvalue weighted by atomic mass is 10.0. The van der Waals surface area contributed by atoms with Crippen LogP contribution in [0.4, 0.5) is 0 Å². The lowest BCUT2D eigenvalue weighted by molar-refractivity contribution is -0.161. The van der Waals surface area contributed by atoms with Crippen LogP contribution in [0.25, 0.3) is 0 Å². The van der Waals surface area contributed by atoms with Crippen molar-refractivity contribution >= 4 is 25.7 Å². The second kappa shape index (κ2) is 42.6. The van der Waals surface area contributed by atoms with Crippen LogP contribution in [-0.4, -0.2) is 66.9 Å². The molecule has 0 radical (unpaired) electrons. The minimum Gasteiger partial charge on any atom is -0.481 e. The minimum absolute atomic E-state index is 0.0268. The highest BCUT2D eigenvalue weighted by atomic mass is 31.2. The number of hydrogen-bond donors (Lipinski definition) is 3. The van der Waals surface area contributed by atoms with Gasteiger partial charge in [-0.2, -0.15) is 0 Å². The number of esters is 2. The van der Waals surface area contributed by atoms with Crippen LogP contribution in [0.3, 0.4) is 0 Å². The quantitative estimate of drug-likeness (QED) is 0.0304. The van der Waals surface area contributed by atoms with Gasteiger partial charge in [0.1, 0.15) is 6.61 Å². The largest absolute Gasteiger partial charge is 0.481 e. The molecular formula is C45H88NO10P. The summed E-state index contributed by atoms with van der Waals surface area (Å²) in [7, 11) is -4.47. The molecule has 1 unspecified atom stereocenters. The van der Waals surface area contributed by atoms with Crippen LogP contribution in [0.1, 0.15) is 232 Å². The fourth-order valence-electron chi connectivity index (χ4n) is 6.84. The van der Waals surface area contributed by atoms with Gasteiger partial charge in [0.05, 0.1) is 13.2 Å². The molecule has 0 spiro atoms. The molecular weight excluding hydrogens is 745 g/mol. The summed E-state index contributed by atoms with van der Waals surface area (Å²) in [6.07, 6.45) is 36.9. The third-order valence-electron chi connectivity index (χ3n) is 10.4. The number of aliphatic carboxylic acids is 1. The summed E-state index contributed by atoms with van der Waals surface area (Å²) >= 11 is 0. The monoisotopic (exact) mass is 834 g/mol. The molecule has 3 N–H and O–H groups in total. The second-order valence-corrected chi connectivity index (χ2v) is 17.5. The zero-order chi connectivity index (χ0) is 41.9. The van der Waals surface area contributed by atoms with E-state index in [4.69, 9.17) is 23.6 Å². The van der Waals surface area contributed by atoms with Crippen molar-refractivity contribution in [2.24, 2.45) is 0 Å². The molecule has 0 amide bonds. The zero-order valence-electron chi connectivity index (χ0n) is 36.8. The maximum absolute atomic E-state index is 12.7. The van der Waals surface area contributed by atoms with Gasteiger partial charge in [-0.1, -0.05) is 194 Å². The van der Waals surface area contributed by atoms with E-state index < -0.39 is 38.4 Å². The van der Waals surface area contributed by atoms with Gasteiger partial charge in [0.15, 0.2) is 6.10 Å². The summed E-state index contributed by atoms with van der Waals surface area (Å²) in [5.74, 6) is -1.75. The van der Waals surface area contributed by atoms with Crippen LogP contribution >= 0.6 is 7.82 Å². The lowest BCUT2D eigenvalue weighted by Gasteiger charge is -2.20. The highest BCUT2D eigenvalue weighted by Gasteiger charge is 2.26. The molecule has 0 aliphatic heterocycles. The number of unbranched alkanes of at least 4 members (excludes halogenated alkanes) is 28. The fourth-order valence-corrected chi connectivity index (χ4v) is 7.59. The molecule has 0 aromatic heterocycles. The standard InChI is InChI=1S/C45H88NO10P/c1-3-5-7-9-11-13-15-17-19-21-23-25-27-29-31-35-44(49)53-40-42(41-55-57(51,52)54-39-38-46-37-33-34-43(47)48)56-45(50)36-32-30-28-26-24-22-20-18-16-14-12-10-8-6-4-2/h42,46H,3-41H2,1-2H3,(H,47,48)(H,51,52)/t42-/m1/s1.